The van der Waals surface area contributed by atoms with Crippen LogP contribution in [0.15, 0.2) is 59.7 Å². The number of aromatic nitrogens is 6. The Bertz CT molecular complexity index is 1670. The monoisotopic (exact) mass is 496 g/mol. The van der Waals surface area contributed by atoms with E-state index in [1.807, 2.05) is 60.0 Å². The summed E-state index contributed by atoms with van der Waals surface area (Å²) in [6.45, 7) is 1.98. The molecule has 10 heteroatoms. The highest BCUT2D eigenvalue weighted by atomic mass is 16.3. The van der Waals surface area contributed by atoms with Gasteiger partial charge in [0.2, 0.25) is 0 Å². The lowest BCUT2D eigenvalue weighted by molar-refractivity contribution is 0.149. The number of hydrogen-bond acceptors (Lipinski definition) is 8. The molecule has 3 aromatic heterocycles. The Morgan fingerprint density at radius 3 is 2.57 bits per heavy atom. The van der Waals surface area contributed by atoms with Crippen LogP contribution < -0.4 is 16.6 Å². The predicted octanol–water partition coefficient (Wildman–Crippen LogP) is 3.33. The van der Waals surface area contributed by atoms with Crippen LogP contribution >= 0.6 is 0 Å². The van der Waals surface area contributed by atoms with Crippen molar-refractivity contribution in [3.8, 4) is 11.3 Å². The van der Waals surface area contributed by atoms with E-state index in [2.05, 4.69) is 15.3 Å². The van der Waals surface area contributed by atoms with E-state index in [4.69, 9.17) is 15.8 Å². The van der Waals surface area contributed by atoms with E-state index in [-0.39, 0.29) is 11.6 Å². The molecule has 2 aromatic carbocycles. The van der Waals surface area contributed by atoms with Gasteiger partial charge in [0.05, 0.1) is 16.3 Å². The van der Waals surface area contributed by atoms with Gasteiger partial charge < -0.3 is 10.8 Å². The summed E-state index contributed by atoms with van der Waals surface area (Å²) in [6, 6.07) is 14.6. The van der Waals surface area contributed by atoms with Gasteiger partial charge in [0.15, 0.2) is 5.65 Å². The minimum atomic E-state index is -0.765. The fourth-order valence-electron chi connectivity index (χ4n) is 5.02. The lowest BCUT2D eigenvalue weighted by Crippen LogP contribution is -2.34. The summed E-state index contributed by atoms with van der Waals surface area (Å²) in [4.78, 5) is 27.3. The third-order valence-electron chi connectivity index (χ3n) is 7.31. The molecule has 1 fully saturated rings. The molecule has 1 saturated carbocycles. The lowest BCUT2D eigenvalue weighted by Gasteiger charge is -2.31. The van der Waals surface area contributed by atoms with Crippen molar-refractivity contribution >= 4 is 27.8 Å². The Morgan fingerprint density at radius 2 is 1.86 bits per heavy atom. The second kappa shape index (κ2) is 9.06. The Hall–Kier alpha value is -4.15. The average Bonchev–Trinajstić information content (AvgIpc) is 3.29. The van der Waals surface area contributed by atoms with E-state index in [1.54, 1.807) is 11.7 Å². The maximum Gasteiger partial charge on any atom is 0.261 e. The molecule has 0 amide bonds. The van der Waals surface area contributed by atoms with Crippen LogP contribution in [0.5, 0.6) is 0 Å². The fourth-order valence-corrected chi connectivity index (χ4v) is 5.02. The number of nitrogens with one attached hydrogen (secondary N) is 1. The number of nitrogens with two attached hydrogens (primary N) is 1. The van der Waals surface area contributed by atoms with Crippen LogP contribution in [0, 0.1) is 0 Å². The summed E-state index contributed by atoms with van der Waals surface area (Å²) in [5.41, 5.74) is 9.70. The van der Waals surface area contributed by atoms with Crippen LogP contribution in [-0.2, 0) is 0 Å². The number of rotatable bonds is 6. The van der Waals surface area contributed by atoms with Gasteiger partial charge in [-0.15, -0.1) is 0 Å². The molecular formula is C27H28N8O2. The first-order valence-electron chi connectivity index (χ1n) is 12.4. The van der Waals surface area contributed by atoms with Crippen LogP contribution in [0.3, 0.4) is 0 Å². The van der Waals surface area contributed by atoms with Crippen LogP contribution in [0.25, 0.3) is 33.2 Å². The molecular weight excluding hydrogens is 468 g/mol. The maximum absolute atomic E-state index is 13.6. The summed E-state index contributed by atoms with van der Waals surface area (Å²) in [5.74, 6) is 0.967. The van der Waals surface area contributed by atoms with Crippen LogP contribution in [0.4, 0.5) is 5.82 Å². The Morgan fingerprint density at radius 1 is 1.11 bits per heavy atom. The van der Waals surface area contributed by atoms with Gasteiger partial charge >= 0.3 is 0 Å². The van der Waals surface area contributed by atoms with Crippen molar-refractivity contribution < 1.29 is 5.11 Å². The largest absolute Gasteiger partial charge is 0.383 e. The molecule has 37 heavy (non-hydrogen) atoms. The van der Waals surface area contributed by atoms with Crippen molar-refractivity contribution in [1.82, 2.24) is 34.6 Å². The molecule has 0 radical (unpaired) electrons. The number of aliphatic hydroxyl groups is 1. The summed E-state index contributed by atoms with van der Waals surface area (Å²) in [7, 11) is 1.69. The van der Waals surface area contributed by atoms with E-state index in [1.165, 1.54) is 6.33 Å². The van der Waals surface area contributed by atoms with Gasteiger partial charge in [-0.1, -0.05) is 36.4 Å². The lowest BCUT2D eigenvalue weighted by atomic mass is 9.92. The highest BCUT2D eigenvalue weighted by Gasteiger charge is 2.29. The predicted molar refractivity (Wildman–Crippen MR) is 142 cm³/mol. The molecule has 188 valence electrons. The van der Waals surface area contributed by atoms with Crippen molar-refractivity contribution in [2.24, 2.45) is 0 Å². The molecule has 2 atom stereocenters. The topological polar surface area (TPSA) is 137 Å². The number of para-hydroxylation sites is 1. The number of nitrogen functional groups attached to an aromatic ring is 1. The number of hydrogen-bond donors (Lipinski definition) is 3. The first-order chi connectivity index (χ1) is 18.0. The molecule has 1 aliphatic carbocycles. The molecule has 0 bridgehead atoms. The SMILES string of the molecule is CNC(O)c1ccc(-c2nn(C(C)c3nc4ccccc4c(=O)n3C3CCC3)c3ncnc(N)c23)cc1. The molecule has 1 aliphatic rings. The van der Waals surface area contributed by atoms with Crippen LogP contribution in [0.2, 0.25) is 0 Å². The van der Waals surface area contributed by atoms with Gasteiger partial charge in [-0.2, -0.15) is 5.10 Å². The van der Waals surface area contributed by atoms with Gasteiger partial charge in [-0.25, -0.2) is 19.6 Å². The van der Waals surface area contributed by atoms with Crippen molar-refractivity contribution in [2.75, 3.05) is 12.8 Å². The number of aliphatic hydroxyl groups excluding tert-OH is 1. The number of anilines is 1. The Balaban J connectivity index is 1.54. The Kier molecular flexibility index (Phi) is 5.69. The third kappa shape index (κ3) is 3.76. The number of benzene rings is 2. The maximum atomic E-state index is 13.6. The first-order valence-corrected chi connectivity index (χ1v) is 12.4. The van der Waals surface area contributed by atoms with Crippen molar-refractivity contribution in [2.45, 2.75) is 44.5 Å². The molecule has 2 unspecified atom stereocenters. The summed E-state index contributed by atoms with van der Waals surface area (Å²) in [6.07, 6.45) is 3.65. The summed E-state index contributed by atoms with van der Waals surface area (Å²) >= 11 is 0. The van der Waals surface area contributed by atoms with E-state index >= 15 is 0 Å². The highest BCUT2D eigenvalue weighted by Crippen LogP contribution is 2.36. The zero-order chi connectivity index (χ0) is 25.7. The molecule has 0 saturated heterocycles. The van der Waals surface area contributed by atoms with Gasteiger partial charge in [0.1, 0.15) is 35.9 Å². The first kappa shape index (κ1) is 23.3. The van der Waals surface area contributed by atoms with Crippen LogP contribution in [-0.4, -0.2) is 41.5 Å². The molecule has 6 rings (SSSR count). The number of fused-ring (bicyclic) bond motifs is 2. The Labute approximate surface area is 212 Å². The number of nitrogens with zero attached hydrogens (tertiary/aromatic N) is 6. The molecule has 0 spiro atoms. The van der Waals surface area contributed by atoms with Crippen molar-refractivity contribution in [1.29, 1.82) is 0 Å². The van der Waals surface area contributed by atoms with Gasteiger partial charge in [-0.3, -0.25) is 14.7 Å². The third-order valence-corrected chi connectivity index (χ3v) is 7.31. The van der Waals surface area contributed by atoms with Crippen LogP contribution in [0.1, 0.15) is 55.9 Å². The van der Waals surface area contributed by atoms with Gasteiger partial charge in [0.25, 0.3) is 5.56 Å². The second-order valence-electron chi connectivity index (χ2n) is 9.49. The summed E-state index contributed by atoms with van der Waals surface area (Å²) < 4.78 is 3.63. The zero-order valence-corrected chi connectivity index (χ0v) is 20.7. The quantitative estimate of drug-likeness (QED) is 0.305. The molecule has 3 heterocycles. The second-order valence-corrected chi connectivity index (χ2v) is 9.49. The smallest absolute Gasteiger partial charge is 0.261 e. The van der Waals surface area contributed by atoms with Gasteiger partial charge in [-0.05, 0) is 50.9 Å². The highest BCUT2D eigenvalue weighted by molar-refractivity contribution is 5.98. The average molecular weight is 497 g/mol. The zero-order valence-electron chi connectivity index (χ0n) is 20.7. The molecule has 0 aliphatic heterocycles. The standard InChI is InChI=1S/C27H28N8O2/c1-15(24-32-20-9-4-3-8-19(20)27(37)34(24)18-6-5-7-18)35-25-21(23(28)30-14-31-25)22(33-35)16-10-12-17(13-11-16)26(36)29-2/h3-4,8-15,18,26,29,36H,5-7H2,1-2H3,(H2,28,30,31). The fraction of sp³-hybridized carbons (Fsp3) is 0.296. The van der Waals surface area contributed by atoms with E-state index < -0.39 is 12.3 Å². The molecule has 10 nitrogen and oxygen atoms in total. The minimum absolute atomic E-state index is 0.0262. The van der Waals surface area contributed by atoms with Crippen molar-refractivity contribution in [3.63, 3.8) is 0 Å². The van der Waals surface area contributed by atoms with Crippen molar-refractivity contribution in [3.05, 3.63) is 76.6 Å². The summed E-state index contributed by atoms with van der Waals surface area (Å²) in [5, 5.41) is 19.1. The minimum Gasteiger partial charge on any atom is -0.383 e. The van der Waals surface area contributed by atoms with E-state index in [0.29, 0.717) is 39.3 Å². The molecule has 5 aromatic rings. The van der Waals surface area contributed by atoms with E-state index in [9.17, 15) is 9.90 Å². The normalized spacial score (nSPS) is 15.6. The van der Waals surface area contributed by atoms with E-state index in [0.717, 1.165) is 30.4 Å². The molecule has 4 N–H and O–H groups in total. The van der Waals surface area contributed by atoms with Gasteiger partial charge in [0, 0.05) is 11.6 Å².